The van der Waals surface area contributed by atoms with Crippen molar-refractivity contribution in [2.45, 2.75) is 23.6 Å². The van der Waals surface area contributed by atoms with Crippen molar-refractivity contribution in [1.29, 1.82) is 0 Å². The molecule has 1 fully saturated rings. The van der Waals surface area contributed by atoms with Gasteiger partial charge in [0.25, 0.3) is 17.4 Å². The Morgan fingerprint density at radius 2 is 1.56 bits per heavy atom. The summed E-state index contributed by atoms with van der Waals surface area (Å²) >= 11 is 2.63. The fourth-order valence-corrected chi connectivity index (χ4v) is 9.22. The first-order valence-corrected chi connectivity index (χ1v) is 20.9. The van der Waals surface area contributed by atoms with E-state index in [1.807, 2.05) is 54.6 Å². The number of thioether (sulfide) groups is 1. The van der Waals surface area contributed by atoms with Crippen LogP contribution in [0.1, 0.15) is 33.7 Å². The van der Waals surface area contributed by atoms with E-state index in [1.165, 1.54) is 47.3 Å². The molecule has 8 rings (SSSR count). The number of oxime groups is 1. The number of carbonyl (C=O) groups excluding carboxylic acids is 3. The molecule has 6 aromatic rings. The summed E-state index contributed by atoms with van der Waals surface area (Å²) in [6.07, 6.45) is 3.11. The molecule has 0 bridgehead atoms. The van der Waals surface area contributed by atoms with E-state index in [0.29, 0.717) is 22.0 Å². The highest BCUT2D eigenvalue weighted by molar-refractivity contribution is 8.00. The molecule has 3 N–H and O–H groups in total. The Balaban J connectivity index is 1.04. The lowest BCUT2D eigenvalue weighted by Gasteiger charge is -2.49. The van der Waals surface area contributed by atoms with Gasteiger partial charge in [-0.15, -0.1) is 23.1 Å². The predicted octanol–water partition coefficient (Wildman–Crippen LogP) is 6.30. The Hall–Kier alpha value is -7.17. The molecule has 0 unspecified atom stereocenters. The van der Waals surface area contributed by atoms with E-state index in [9.17, 15) is 19.2 Å². The van der Waals surface area contributed by atoms with Crippen LogP contribution in [0.2, 0.25) is 0 Å². The zero-order chi connectivity index (χ0) is 42.3. The molecule has 308 valence electrons. The van der Waals surface area contributed by atoms with E-state index in [0.717, 1.165) is 16.7 Å². The molecule has 2 aromatic heterocycles. The number of hydrogen-bond acceptors (Lipinski definition) is 13. The lowest BCUT2D eigenvalue weighted by atomic mass is 9.77. The summed E-state index contributed by atoms with van der Waals surface area (Å²) < 4.78 is 16.1. The summed E-state index contributed by atoms with van der Waals surface area (Å²) in [6.45, 7) is -0.0689. The summed E-state index contributed by atoms with van der Waals surface area (Å²) in [5, 5.41) is 14.3. The average Bonchev–Trinajstić information content (AvgIpc) is 3.96. The largest absolute Gasteiger partial charge is 0.497 e. The maximum atomic E-state index is 14.0. The predicted molar refractivity (Wildman–Crippen MR) is 232 cm³/mol. The topological polar surface area (TPSA) is 177 Å². The van der Waals surface area contributed by atoms with Gasteiger partial charge < -0.3 is 29.5 Å². The number of β-lactam (4-membered cyclic amide) rings is 1. The number of methoxy groups -OCH3 is 1. The number of amides is 2. The number of aromatic nitrogens is 2. The van der Waals surface area contributed by atoms with Crippen LogP contribution >= 0.6 is 23.1 Å². The number of nitrogens with zero attached hydrogens (tertiary/aromatic N) is 3. The van der Waals surface area contributed by atoms with Gasteiger partial charge in [-0.1, -0.05) is 114 Å². The van der Waals surface area contributed by atoms with Gasteiger partial charge in [-0.25, -0.2) is 9.78 Å². The maximum absolute atomic E-state index is 14.0. The van der Waals surface area contributed by atoms with E-state index in [-0.39, 0.29) is 35.2 Å². The molecule has 14 nitrogen and oxygen atoms in total. The Bertz CT molecular complexity index is 2580. The number of anilines is 1. The Morgan fingerprint density at radius 3 is 2.13 bits per heavy atom. The molecule has 2 aliphatic rings. The first-order valence-electron chi connectivity index (χ1n) is 19.0. The van der Waals surface area contributed by atoms with Crippen LogP contribution < -0.4 is 20.9 Å². The summed E-state index contributed by atoms with van der Waals surface area (Å²) in [6, 6.07) is 37.4. The van der Waals surface area contributed by atoms with Gasteiger partial charge in [0.05, 0.1) is 13.2 Å². The van der Waals surface area contributed by atoms with Crippen molar-refractivity contribution in [3.63, 3.8) is 0 Å². The Morgan fingerprint density at radius 1 is 0.918 bits per heavy atom. The molecular weight excluding hydrogens is 817 g/mol. The van der Waals surface area contributed by atoms with Gasteiger partial charge in [-0.3, -0.25) is 19.3 Å². The second kappa shape index (κ2) is 18.0. The van der Waals surface area contributed by atoms with Crippen LogP contribution in [0, 0.1) is 0 Å². The third-order valence-electron chi connectivity index (χ3n) is 10.1. The van der Waals surface area contributed by atoms with Gasteiger partial charge in [-0.05, 0) is 46.0 Å². The minimum Gasteiger partial charge on any atom is -0.497 e. The molecule has 61 heavy (non-hydrogen) atoms. The lowest BCUT2D eigenvalue weighted by Crippen LogP contribution is -2.71. The van der Waals surface area contributed by atoms with Crippen molar-refractivity contribution in [1.82, 2.24) is 20.4 Å². The molecule has 0 radical (unpaired) electrons. The van der Waals surface area contributed by atoms with Gasteiger partial charge in [0.2, 0.25) is 0 Å². The van der Waals surface area contributed by atoms with Gasteiger partial charge in [0, 0.05) is 11.1 Å². The molecule has 2 aliphatic heterocycles. The minimum atomic E-state index is -1.02. The Labute approximate surface area is 357 Å². The fourth-order valence-electron chi connectivity index (χ4n) is 7.15. The number of carbonyl (C=O) groups is 3. The van der Waals surface area contributed by atoms with Gasteiger partial charge in [-0.2, -0.15) is 5.16 Å². The van der Waals surface area contributed by atoms with E-state index >= 15 is 0 Å². The number of H-pyrrole nitrogens is 1. The summed E-state index contributed by atoms with van der Waals surface area (Å²) in [5.41, 5.74) is 2.88. The highest BCUT2D eigenvalue weighted by Gasteiger charge is 2.54. The molecule has 0 saturated carbocycles. The first kappa shape index (κ1) is 40.6. The number of benzene rings is 4. The van der Waals surface area contributed by atoms with Crippen LogP contribution in [-0.4, -0.2) is 69.9 Å². The quantitative estimate of drug-likeness (QED) is 0.0348. The number of fused-ring (bicyclic) bond motifs is 1. The van der Waals surface area contributed by atoms with Crippen molar-refractivity contribution in [2.75, 3.05) is 25.3 Å². The number of rotatable bonds is 15. The van der Waals surface area contributed by atoms with Crippen molar-refractivity contribution < 1.29 is 33.2 Å². The van der Waals surface area contributed by atoms with Crippen LogP contribution in [0.15, 0.2) is 159 Å². The SMILES string of the molecule is CO/N=C(\C(=O)N[C@@H]1C(=O)N2C(C(=O)OCc3ccc(OC)cc3)=C(/C=C\c3cc(=O)[nH]o3)CS[C@H]12)c1csc(NC(c2ccccc2)(c2ccccc2)c2ccccc2)n1. The normalized spacial score (nSPS) is 16.5. The zero-order valence-corrected chi connectivity index (χ0v) is 34.4. The molecule has 2 amide bonds. The minimum absolute atomic E-state index is 0.0154. The molecule has 0 aliphatic carbocycles. The lowest BCUT2D eigenvalue weighted by molar-refractivity contribution is -0.153. The van der Waals surface area contributed by atoms with E-state index < -0.39 is 40.3 Å². The van der Waals surface area contributed by atoms with Crippen molar-refractivity contribution >= 4 is 57.8 Å². The van der Waals surface area contributed by atoms with E-state index in [1.54, 1.807) is 42.8 Å². The highest BCUT2D eigenvalue weighted by Crippen LogP contribution is 2.42. The van der Waals surface area contributed by atoms with Gasteiger partial charge >= 0.3 is 5.97 Å². The zero-order valence-electron chi connectivity index (χ0n) is 32.8. The van der Waals surface area contributed by atoms with Crippen molar-refractivity contribution in [2.24, 2.45) is 5.16 Å². The number of ether oxygens (including phenoxy) is 2. The molecule has 4 heterocycles. The standard InChI is InChI=1S/C45H38N6O8S2/c1-56-33-21-18-28(19-22-33)25-58-43(55)39-29(20-23-34-24-36(52)49-59-34)26-60-42-38(41(54)51(39)42)47-40(53)37(50-57-2)35-27-61-44(46-35)48-45(30-12-6-3-7-13-30,31-14-8-4-9-15-31)32-16-10-5-11-17-32/h3-24,27,38,42H,25-26H2,1-2H3,(H,46,48)(H,47,53)(H,49,52)/b23-20-,50-37-/t38-,42-/m1/s1. The summed E-state index contributed by atoms with van der Waals surface area (Å²) in [5.74, 6) is -0.821. The molecular formula is C45H38N6O8S2. The third kappa shape index (κ3) is 8.35. The van der Waals surface area contributed by atoms with Crippen LogP contribution in [0.25, 0.3) is 6.08 Å². The number of allylic oxidation sites excluding steroid dienone is 1. The molecule has 0 spiro atoms. The monoisotopic (exact) mass is 854 g/mol. The van der Waals surface area contributed by atoms with Crippen LogP contribution in [0.3, 0.4) is 0 Å². The van der Waals surface area contributed by atoms with Gasteiger partial charge in [0.1, 0.15) is 47.8 Å². The van der Waals surface area contributed by atoms with Crippen LogP contribution in [-0.2, 0) is 36.1 Å². The third-order valence-corrected chi connectivity index (χ3v) is 12.1. The second-order valence-electron chi connectivity index (χ2n) is 13.7. The molecule has 2 atom stereocenters. The van der Waals surface area contributed by atoms with Crippen LogP contribution in [0.4, 0.5) is 5.13 Å². The average molecular weight is 855 g/mol. The smallest absolute Gasteiger partial charge is 0.355 e. The summed E-state index contributed by atoms with van der Waals surface area (Å²) in [4.78, 5) is 64.7. The fraction of sp³-hybridized carbons (Fsp3) is 0.156. The molecule has 4 aromatic carbocycles. The Kier molecular flexibility index (Phi) is 12.0. The highest BCUT2D eigenvalue weighted by atomic mass is 32.2. The number of esters is 1. The van der Waals surface area contributed by atoms with Crippen molar-refractivity contribution in [3.8, 4) is 5.75 Å². The van der Waals surface area contributed by atoms with Crippen molar-refractivity contribution in [3.05, 3.63) is 188 Å². The maximum Gasteiger partial charge on any atom is 0.355 e. The van der Waals surface area contributed by atoms with E-state index in [2.05, 4.69) is 57.3 Å². The summed E-state index contributed by atoms with van der Waals surface area (Å²) in [7, 11) is 2.87. The number of thiazole rings is 1. The van der Waals surface area contributed by atoms with E-state index in [4.69, 9.17) is 23.8 Å². The number of nitrogens with one attached hydrogen (secondary N) is 3. The number of aromatic amines is 1. The van der Waals surface area contributed by atoms with Gasteiger partial charge in [0.15, 0.2) is 16.6 Å². The molecule has 16 heteroatoms. The number of hydrogen-bond donors (Lipinski definition) is 3. The molecule has 1 saturated heterocycles. The van der Waals surface area contributed by atoms with Crippen LogP contribution in [0.5, 0.6) is 5.75 Å². The second-order valence-corrected chi connectivity index (χ2v) is 15.7. The first-order chi connectivity index (χ1) is 29.8.